The molecule has 1 aliphatic rings. The largest absolute Gasteiger partial charge is 0.493 e. The number of amides is 1. The zero-order chi connectivity index (χ0) is 18.0. The Labute approximate surface area is 151 Å². The summed E-state index contributed by atoms with van der Waals surface area (Å²) in [5.74, 6) is -0.0599. The number of hydrogen-bond donors (Lipinski definition) is 1. The number of benzene rings is 1. The molecule has 1 aromatic carbocycles. The number of rotatable bonds is 4. The molecule has 3 rings (SSSR count). The van der Waals surface area contributed by atoms with Crippen LogP contribution in [0, 0.1) is 13.8 Å². The maximum Gasteiger partial charge on any atom is 0.341 e. The van der Waals surface area contributed by atoms with E-state index >= 15 is 0 Å². The van der Waals surface area contributed by atoms with Crippen LogP contribution in [0.5, 0.6) is 5.75 Å². The second-order valence-corrected chi connectivity index (χ2v) is 7.15. The van der Waals surface area contributed by atoms with Gasteiger partial charge in [-0.15, -0.1) is 11.3 Å². The van der Waals surface area contributed by atoms with Gasteiger partial charge in [0.05, 0.1) is 24.7 Å². The summed E-state index contributed by atoms with van der Waals surface area (Å²) in [5.41, 5.74) is 2.19. The van der Waals surface area contributed by atoms with E-state index in [1.54, 1.807) is 6.92 Å². The molecule has 1 aliphatic heterocycles. The van der Waals surface area contributed by atoms with E-state index < -0.39 is 5.97 Å². The van der Waals surface area contributed by atoms with Crippen LogP contribution in [0.2, 0.25) is 0 Å². The monoisotopic (exact) mass is 359 g/mol. The average molecular weight is 359 g/mol. The normalized spacial score (nSPS) is 15.9. The number of nitrogens with one attached hydrogen (secondary N) is 1. The number of esters is 1. The number of hydrogen-bond acceptors (Lipinski definition) is 5. The highest BCUT2D eigenvalue weighted by molar-refractivity contribution is 7.16. The molecule has 2 aromatic rings. The summed E-state index contributed by atoms with van der Waals surface area (Å²) in [6.07, 6.45) is 0.612. The highest BCUT2D eigenvalue weighted by Crippen LogP contribution is 2.37. The maximum absolute atomic E-state index is 12.9. The van der Waals surface area contributed by atoms with Crippen LogP contribution in [0.1, 0.15) is 45.6 Å². The van der Waals surface area contributed by atoms with Gasteiger partial charge in [0.15, 0.2) is 0 Å². The first-order valence-corrected chi connectivity index (χ1v) is 9.14. The lowest BCUT2D eigenvalue weighted by Crippen LogP contribution is -2.26. The molecular formula is C19H21NO4S. The second-order valence-electron chi connectivity index (χ2n) is 5.92. The highest BCUT2D eigenvalue weighted by Gasteiger charge is 2.29. The van der Waals surface area contributed by atoms with Crippen molar-refractivity contribution in [3.05, 3.63) is 45.8 Å². The first kappa shape index (κ1) is 17.5. The number of ether oxygens (including phenoxy) is 2. The van der Waals surface area contributed by atoms with Crippen molar-refractivity contribution in [2.75, 3.05) is 18.5 Å². The van der Waals surface area contributed by atoms with Crippen LogP contribution in [-0.4, -0.2) is 25.1 Å². The van der Waals surface area contributed by atoms with E-state index in [1.807, 2.05) is 38.1 Å². The number of para-hydroxylation sites is 1. The predicted molar refractivity (Wildman–Crippen MR) is 97.7 cm³/mol. The Morgan fingerprint density at radius 1 is 1.32 bits per heavy atom. The number of thiophene rings is 1. The number of aryl methyl sites for hydroxylation is 1. The van der Waals surface area contributed by atoms with Gasteiger partial charge in [-0.25, -0.2) is 4.79 Å². The molecule has 0 bridgehead atoms. The Kier molecular flexibility index (Phi) is 5.08. The molecule has 0 fully saturated rings. The first-order valence-electron chi connectivity index (χ1n) is 8.32. The van der Waals surface area contributed by atoms with Gasteiger partial charge in [-0.05, 0) is 38.8 Å². The number of anilines is 1. The van der Waals surface area contributed by atoms with Crippen molar-refractivity contribution in [1.82, 2.24) is 0 Å². The van der Waals surface area contributed by atoms with Crippen LogP contribution in [0.4, 0.5) is 5.00 Å². The molecule has 132 valence electrons. The lowest BCUT2D eigenvalue weighted by Gasteiger charge is -2.25. The van der Waals surface area contributed by atoms with E-state index in [0.29, 0.717) is 30.2 Å². The molecule has 2 heterocycles. The third-order valence-electron chi connectivity index (χ3n) is 4.38. The summed E-state index contributed by atoms with van der Waals surface area (Å²) >= 11 is 1.40. The van der Waals surface area contributed by atoms with Crippen LogP contribution in [0.15, 0.2) is 24.3 Å². The van der Waals surface area contributed by atoms with Crippen molar-refractivity contribution < 1.29 is 19.1 Å². The van der Waals surface area contributed by atoms with E-state index in [2.05, 4.69) is 5.32 Å². The topological polar surface area (TPSA) is 64.6 Å². The fourth-order valence-corrected chi connectivity index (χ4v) is 4.03. The molecule has 0 spiro atoms. The Hall–Kier alpha value is -2.34. The minimum Gasteiger partial charge on any atom is -0.493 e. The van der Waals surface area contributed by atoms with Gasteiger partial charge < -0.3 is 14.8 Å². The Morgan fingerprint density at radius 3 is 2.84 bits per heavy atom. The van der Waals surface area contributed by atoms with Gasteiger partial charge in [0.2, 0.25) is 5.91 Å². The number of carbonyl (C=O) groups excluding carboxylic acids is 2. The molecule has 6 heteroatoms. The van der Waals surface area contributed by atoms with Gasteiger partial charge in [-0.2, -0.15) is 0 Å². The second kappa shape index (κ2) is 7.27. The Bertz CT molecular complexity index is 812. The molecule has 0 saturated heterocycles. The van der Waals surface area contributed by atoms with Crippen molar-refractivity contribution in [1.29, 1.82) is 0 Å². The zero-order valence-corrected chi connectivity index (χ0v) is 15.4. The summed E-state index contributed by atoms with van der Waals surface area (Å²) in [6, 6.07) is 7.58. The lowest BCUT2D eigenvalue weighted by atomic mass is 9.92. The summed E-state index contributed by atoms with van der Waals surface area (Å²) in [7, 11) is 0. The third kappa shape index (κ3) is 3.39. The van der Waals surface area contributed by atoms with Crippen LogP contribution >= 0.6 is 11.3 Å². The van der Waals surface area contributed by atoms with Crippen molar-refractivity contribution in [3.8, 4) is 5.75 Å². The van der Waals surface area contributed by atoms with E-state index in [9.17, 15) is 9.59 Å². The summed E-state index contributed by atoms with van der Waals surface area (Å²) < 4.78 is 10.8. The summed E-state index contributed by atoms with van der Waals surface area (Å²) in [4.78, 5) is 26.1. The number of carbonyl (C=O) groups is 2. The molecule has 0 saturated carbocycles. The van der Waals surface area contributed by atoms with Crippen LogP contribution in [0.25, 0.3) is 0 Å². The van der Waals surface area contributed by atoms with E-state index in [1.165, 1.54) is 11.3 Å². The molecule has 25 heavy (non-hydrogen) atoms. The maximum atomic E-state index is 12.9. The first-order chi connectivity index (χ1) is 12.0. The van der Waals surface area contributed by atoms with E-state index in [-0.39, 0.29) is 11.8 Å². The van der Waals surface area contributed by atoms with Gasteiger partial charge in [0.1, 0.15) is 10.8 Å². The van der Waals surface area contributed by atoms with Crippen LogP contribution in [0.3, 0.4) is 0 Å². The SMILES string of the molecule is CCOC(=O)c1c(NC(=O)C2CCOc3ccccc32)sc(C)c1C. The van der Waals surface area contributed by atoms with Crippen molar-refractivity contribution in [3.63, 3.8) is 0 Å². The van der Waals surface area contributed by atoms with Gasteiger partial charge >= 0.3 is 5.97 Å². The minimum atomic E-state index is -0.396. The molecule has 1 unspecified atom stereocenters. The molecule has 1 amide bonds. The smallest absolute Gasteiger partial charge is 0.341 e. The van der Waals surface area contributed by atoms with Crippen molar-refractivity contribution >= 4 is 28.2 Å². The third-order valence-corrected chi connectivity index (χ3v) is 5.50. The average Bonchev–Trinajstić information content (AvgIpc) is 2.88. The summed E-state index contributed by atoms with van der Waals surface area (Å²) in [5, 5.41) is 3.50. The molecule has 0 radical (unpaired) electrons. The molecule has 5 nitrogen and oxygen atoms in total. The Morgan fingerprint density at radius 2 is 2.08 bits per heavy atom. The molecule has 0 aliphatic carbocycles. The zero-order valence-electron chi connectivity index (χ0n) is 14.5. The predicted octanol–water partition coefficient (Wildman–Crippen LogP) is 4.05. The lowest BCUT2D eigenvalue weighted by molar-refractivity contribution is -0.118. The fourth-order valence-electron chi connectivity index (χ4n) is 2.98. The molecular weight excluding hydrogens is 338 g/mol. The van der Waals surface area contributed by atoms with Crippen molar-refractivity contribution in [2.45, 2.75) is 33.1 Å². The van der Waals surface area contributed by atoms with Crippen LogP contribution in [-0.2, 0) is 9.53 Å². The van der Waals surface area contributed by atoms with Gasteiger partial charge in [-0.1, -0.05) is 18.2 Å². The quantitative estimate of drug-likeness (QED) is 0.837. The standard InChI is InChI=1S/C19H21NO4S/c1-4-23-19(22)16-11(2)12(3)25-18(16)20-17(21)14-9-10-24-15-8-6-5-7-13(14)15/h5-8,14H,4,9-10H2,1-3H3,(H,20,21). The number of fused-ring (bicyclic) bond motifs is 1. The van der Waals surface area contributed by atoms with Crippen LogP contribution < -0.4 is 10.1 Å². The molecule has 1 aromatic heterocycles. The highest BCUT2D eigenvalue weighted by atomic mass is 32.1. The van der Waals surface area contributed by atoms with Crippen molar-refractivity contribution in [2.24, 2.45) is 0 Å². The minimum absolute atomic E-state index is 0.123. The van der Waals surface area contributed by atoms with E-state index in [0.717, 1.165) is 21.8 Å². The fraction of sp³-hybridized carbons (Fsp3) is 0.368. The Balaban J connectivity index is 1.87. The van der Waals surface area contributed by atoms with Gasteiger partial charge in [0.25, 0.3) is 0 Å². The summed E-state index contributed by atoms with van der Waals surface area (Å²) in [6.45, 7) is 6.37. The van der Waals surface area contributed by atoms with E-state index in [4.69, 9.17) is 9.47 Å². The molecule has 1 atom stereocenters. The van der Waals surface area contributed by atoms with Gasteiger partial charge in [-0.3, -0.25) is 4.79 Å². The molecule has 1 N–H and O–H groups in total. The van der Waals surface area contributed by atoms with Gasteiger partial charge in [0, 0.05) is 10.4 Å².